The van der Waals surface area contributed by atoms with Crippen molar-refractivity contribution in [2.45, 2.75) is 175 Å². The number of hydrogen-bond acceptors (Lipinski definition) is 16. The number of piperidine rings is 1. The maximum atomic E-state index is 17.9. The summed E-state index contributed by atoms with van der Waals surface area (Å²) in [5, 5.41) is 0. The second-order valence-corrected chi connectivity index (χ2v) is 27.8. The van der Waals surface area contributed by atoms with Gasteiger partial charge in [0.2, 0.25) is 11.8 Å². The lowest BCUT2D eigenvalue weighted by Crippen LogP contribution is -2.42. The minimum atomic E-state index is -1.06. The Kier molecular flexibility index (Phi) is 21.2. The Labute approximate surface area is 555 Å². The summed E-state index contributed by atoms with van der Waals surface area (Å²) in [7, 11) is 5.32. The van der Waals surface area contributed by atoms with E-state index in [0.717, 1.165) is 5.56 Å². The van der Waals surface area contributed by atoms with E-state index >= 15 is 17.6 Å². The van der Waals surface area contributed by atoms with Gasteiger partial charge in [0.15, 0.2) is 25.1 Å². The average molecular weight is 1340 g/mol. The van der Waals surface area contributed by atoms with E-state index < -0.39 is 131 Å². The van der Waals surface area contributed by atoms with Crippen LogP contribution in [0.15, 0.2) is 60.7 Å². The highest BCUT2D eigenvalue weighted by atomic mass is 19.1. The fraction of sp³-hybridized carbons (Fsp3) is 0.549. The molecule has 4 fully saturated rings. The third-order valence-corrected chi connectivity index (χ3v) is 19.6. The van der Waals surface area contributed by atoms with Crippen LogP contribution < -0.4 is 9.80 Å². The molecule has 0 saturated carbocycles. The number of carbonyl (C=O) groups excluding carboxylic acids is 6. The Morgan fingerprint density at radius 1 is 0.531 bits per heavy atom. The van der Waals surface area contributed by atoms with Crippen molar-refractivity contribution < 1.29 is 79.1 Å². The molecule has 20 nitrogen and oxygen atoms in total. The number of rotatable bonds is 21. The Hall–Kier alpha value is -8.19. The van der Waals surface area contributed by atoms with Gasteiger partial charge >= 0.3 is 23.9 Å². The Morgan fingerprint density at radius 3 is 1.33 bits per heavy atom. The first-order valence-electron chi connectivity index (χ1n) is 32.9. The zero-order valence-electron chi connectivity index (χ0n) is 56.6. The lowest BCUT2D eigenvalue weighted by Gasteiger charge is -2.36. The third kappa shape index (κ3) is 14.4. The number of methoxy groups -OCH3 is 4. The zero-order chi connectivity index (χ0) is 69.4. The van der Waals surface area contributed by atoms with Crippen molar-refractivity contribution in [1.29, 1.82) is 0 Å². The summed E-state index contributed by atoms with van der Waals surface area (Å²) < 4.78 is 120. The van der Waals surface area contributed by atoms with E-state index in [1.165, 1.54) is 77.0 Å². The van der Waals surface area contributed by atoms with Crippen LogP contribution in [0.5, 0.6) is 0 Å². The highest BCUT2D eigenvalue weighted by Crippen LogP contribution is 2.51. The van der Waals surface area contributed by atoms with E-state index in [0.29, 0.717) is 38.5 Å². The topological polar surface area (TPSA) is 206 Å². The van der Waals surface area contributed by atoms with Crippen molar-refractivity contribution in [2.75, 3.05) is 64.4 Å². The molecule has 0 spiro atoms. The molecule has 2 aromatic heterocycles. The molecule has 8 atom stereocenters. The molecule has 0 unspecified atom stereocenters. The monoisotopic (exact) mass is 1340 g/mol. The van der Waals surface area contributed by atoms with E-state index in [9.17, 15) is 33.2 Å². The molecule has 518 valence electrons. The van der Waals surface area contributed by atoms with Gasteiger partial charge in [0.1, 0.15) is 34.8 Å². The van der Waals surface area contributed by atoms with Crippen molar-refractivity contribution in [3.63, 3.8) is 0 Å². The number of amides is 2. The van der Waals surface area contributed by atoms with E-state index in [4.69, 9.17) is 38.4 Å². The van der Waals surface area contributed by atoms with Gasteiger partial charge in [-0.1, -0.05) is 12.1 Å². The smallest absolute Gasteiger partial charge is 0.312 e. The molecule has 4 aliphatic rings. The molecule has 6 aromatic rings. The fourth-order valence-electron chi connectivity index (χ4n) is 14.1. The number of anilines is 2. The van der Waals surface area contributed by atoms with Crippen molar-refractivity contribution in [3.8, 4) is 0 Å². The van der Waals surface area contributed by atoms with Gasteiger partial charge < -0.3 is 48.0 Å². The standard InChI is InChI=1S/C71H87F5N8O12/c1-39(91-9)45(33-61(85)93-11)66(87)80-25-13-15-57(80)64-77-53-31-47(49(73)35-59(53)82(64)37-95-68(89)70(3,4)5)55-21-22-56(84(55)44-29-51(75)63(52(76)30-44)79-27-23-42(24-28-79)41-17-19-43(72)20-18-41)48-32-54-60(36-50(48)74)83(38-96-69(90)71(6,7)8)65(78-54)58-16-14-26-81(58)67(88)46(40(2)92-10)34-62(86)94-12/h17-20,29-32,35-36,39-40,42,45-46,55-58H,13-16,21-28,33-34,37-38H2,1-12H3/t39-,40-,45+,46+,55-,56-,57+,58+/m1/s1. The van der Waals surface area contributed by atoms with Gasteiger partial charge in [-0.2, -0.15) is 0 Å². The molecule has 25 heteroatoms. The minimum Gasteiger partial charge on any atom is -0.469 e. The first-order valence-corrected chi connectivity index (χ1v) is 32.9. The van der Waals surface area contributed by atoms with Crippen molar-refractivity contribution in [2.24, 2.45) is 22.7 Å². The number of hydrogen-bond donors (Lipinski definition) is 0. The number of halogens is 5. The van der Waals surface area contributed by atoms with Crippen LogP contribution in [0.2, 0.25) is 0 Å². The van der Waals surface area contributed by atoms with Gasteiger partial charge in [-0.15, -0.1) is 0 Å². The Balaban J connectivity index is 1.09. The average Bonchev–Trinajstić information content (AvgIpc) is 1.54. The molecule has 2 amide bonds. The molecule has 10 rings (SSSR count). The van der Waals surface area contributed by atoms with E-state index in [2.05, 4.69) is 0 Å². The summed E-state index contributed by atoms with van der Waals surface area (Å²) in [6.45, 7) is 13.7. The molecule has 96 heavy (non-hydrogen) atoms. The third-order valence-electron chi connectivity index (χ3n) is 19.6. The summed E-state index contributed by atoms with van der Waals surface area (Å²) in [6, 6.07) is 10.4. The molecule has 0 radical (unpaired) electrons. The van der Waals surface area contributed by atoms with E-state index in [1.54, 1.807) is 96.3 Å². The van der Waals surface area contributed by atoms with Gasteiger partial charge in [-0.3, -0.25) is 37.9 Å². The van der Waals surface area contributed by atoms with Crippen LogP contribution in [0.4, 0.5) is 33.3 Å². The number of benzene rings is 4. The number of esters is 4. The highest BCUT2D eigenvalue weighted by molar-refractivity contribution is 5.87. The van der Waals surface area contributed by atoms with Crippen LogP contribution in [0, 0.1) is 51.8 Å². The van der Waals surface area contributed by atoms with Crippen LogP contribution in [-0.2, 0) is 70.7 Å². The maximum Gasteiger partial charge on any atom is 0.312 e. The zero-order valence-corrected chi connectivity index (χ0v) is 56.6. The molecule has 4 aliphatic heterocycles. The lowest BCUT2D eigenvalue weighted by molar-refractivity contribution is -0.157. The predicted octanol–water partition coefficient (Wildman–Crippen LogP) is 12.4. The maximum absolute atomic E-state index is 17.9. The summed E-state index contributed by atoms with van der Waals surface area (Å²) >= 11 is 0. The molecule has 6 heterocycles. The van der Waals surface area contributed by atoms with E-state index in [1.807, 2.05) is 0 Å². The Morgan fingerprint density at radius 2 is 0.948 bits per heavy atom. The van der Waals surface area contributed by atoms with Gasteiger partial charge in [-0.05, 0) is 155 Å². The highest BCUT2D eigenvalue weighted by Gasteiger charge is 2.45. The lowest BCUT2D eigenvalue weighted by atomic mass is 9.89. The second kappa shape index (κ2) is 28.9. The molecule has 0 aliphatic carbocycles. The van der Waals surface area contributed by atoms with Gasteiger partial charge in [0.25, 0.3) is 0 Å². The normalized spacial score (nSPS) is 20.1. The van der Waals surface area contributed by atoms with E-state index in [-0.39, 0.29) is 120 Å². The second-order valence-electron chi connectivity index (χ2n) is 27.8. The predicted molar refractivity (Wildman–Crippen MR) is 345 cm³/mol. The summed E-state index contributed by atoms with van der Waals surface area (Å²) in [5.41, 5.74) is -0.425. The Bertz CT molecular complexity index is 3680. The minimum absolute atomic E-state index is 0.0178. The number of fused-ring (bicyclic) bond motifs is 2. The van der Waals surface area contributed by atoms with Crippen LogP contribution in [-0.4, -0.2) is 131 Å². The molecule has 4 saturated heterocycles. The van der Waals surface area contributed by atoms with Crippen molar-refractivity contribution in [1.82, 2.24) is 28.9 Å². The number of imidazole rings is 2. The molecular weight excluding hydrogens is 1250 g/mol. The number of likely N-dealkylation sites (tertiary alicyclic amines) is 2. The molecule has 0 bridgehead atoms. The van der Waals surface area contributed by atoms with Crippen molar-refractivity contribution in [3.05, 3.63) is 118 Å². The molecule has 4 aromatic carbocycles. The van der Waals surface area contributed by atoms with Crippen LogP contribution >= 0.6 is 0 Å². The summed E-state index contributed by atoms with van der Waals surface area (Å²) in [4.78, 5) is 98.2. The van der Waals surface area contributed by atoms with Gasteiger partial charge in [0.05, 0.1) is 108 Å². The number of nitrogens with zero attached hydrogens (tertiary/aromatic N) is 8. The fourth-order valence-corrected chi connectivity index (χ4v) is 14.1. The largest absolute Gasteiger partial charge is 0.469 e. The summed E-state index contributed by atoms with van der Waals surface area (Å²) in [6.07, 6.45) is 1.11. The molecular formula is C71H87F5N8O12. The van der Waals surface area contributed by atoms with Crippen LogP contribution in [0.1, 0.15) is 178 Å². The first-order chi connectivity index (χ1) is 45.6. The van der Waals surface area contributed by atoms with Crippen LogP contribution in [0.3, 0.4) is 0 Å². The number of ether oxygens (including phenoxy) is 6. The van der Waals surface area contributed by atoms with Crippen molar-refractivity contribution >= 4 is 69.1 Å². The summed E-state index contributed by atoms with van der Waals surface area (Å²) in [5.74, 6) is -8.34. The van der Waals surface area contributed by atoms with Crippen LogP contribution in [0.25, 0.3) is 22.1 Å². The number of aromatic nitrogens is 4. The van der Waals surface area contributed by atoms with Gasteiger partial charge in [0, 0.05) is 69.3 Å². The van der Waals surface area contributed by atoms with Gasteiger partial charge in [-0.25, -0.2) is 31.9 Å². The SMILES string of the molecule is COC(=O)C[C@H](C(=O)N1CCC[C@H]1c1nc2cc([C@H]3CC[C@H](c4cc5nc([C@@H]6CCCN6C(=O)[C@@H](CC(=O)OC)[C@@H](C)OC)n(COC(=O)C(C)(C)C)c5cc4F)N3c3cc(F)c(N4CCC(c5ccc(F)cc5)CC4)c(F)c3)c(F)cc2n1COC(=O)C(C)(C)C)[C@@H](C)OC. The molecule has 0 N–H and O–H groups in total. The quantitative estimate of drug-likeness (QED) is 0.0373. The first kappa shape index (κ1) is 70.6. The number of carbonyl (C=O) groups is 6.